The second-order valence-corrected chi connectivity index (χ2v) is 11.1. The highest BCUT2D eigenvalue weighted by atomic mass is 16.6. The molecule has 3 aromatic carbocycles. The van der Waals surface area contributed by atoms with E-state index in [1.54, 1.807) is 24.4 Å². The molecule has 0 bridgehead atoms. The van der Waals surface area contributed by atoms with E-state index in [2.05, 4.69) is 40.8 Å². The van der Waals surface area contributed by atoms with Gasteiger partial charge in [0.05, 0.1) is 24.3 Å². The Morgan fingerprint density at radius 1 is 1.02 bits per heavy atom. The van der Waals surface area contributed by atoms with Gasteiger partial charge in [-0.05, 0) is 75.1 Å². The van der Waals surface area contributed by atoms with Crippen LogP contribution in [0.1, 0.15) is 39.2 Å². The van der Waals surface area contributed by atoms with Gasteiger partial charge in [0.15, 0.2) is 17.3 Å². The highest BCUT2D eigenvalue weighted by molar-refractivity contribution is 5.96. The molecule has 9 nitrogen and oxygen atoms in total. The van der Waals surface area contributed by atoms with Crippen molar-refractivity contribution in [1.29, 1.82) is 0 Å². The number of methoxy groups -OCH3 is 1. The summed E-state index contributed by atoms with van der Waals surface area (Å²) >= 11 is 0. The van der Waals surface area contributed by atoms with Crippen molar-refractivity contribution in [3.8, 4) is 22.9 Å². The maximum absolute atomic E-state index is 12.6. The number of fused-ring (bicyclic) bond motifs is 2. The van der Waals surface area contributed by atoms with Crippen molar-refractivity contribution in [1.82, 2.24) is 19.7 Å². The Bertz CT molecular complexity index is 1900. The Kier molecular flexibility index (Phi) is 6.86. The molecule has 42 heavy (non-hydrogen) atoms. The lowest BCUT2D eigenvalue weighted by Gasteiger charge is -2.19. The molecule has 0 saturated carbocycles. The molecule has 2 heterocycles. The second kappa shape index (κ2) is 10.7. The Balaban J connectivity index is 1.41. The van der Waals surface area contributed by atoms with E-state index >= 15 is 0 Å². The predicted molar refractivity (Wildman–Crippen MR) is 164 cm³/mol. The largest absolute Gasteiger partial charge is 0.504 e. The summed E-state index contributed by atoms with van der Waals surface area (Å²) in [4.78, 5) is 22.4. The van der Waals surface area contributed by atoms with Gasteiger partial charge in [-0.1, -0.05) is 36.4 Å². The molecule has 1 aliphatic rings. The van der Waals surface area contributed by atoms with E-state index in [-0.39, 0.29) is 5.75 Å². The Hall–Kier alpha value is -5.18. The van der Waals surface area contributed by atoms with Crippen LogP contribution in [-0.2, 0) is 4.74 Å². The van der Waals surface area contributed by atoms with Gasteiger partial charge in [0.1, 0.15) is 11.4 Å². The number of anilines is 2. The third kappa shape index (κ3) is 5.41. The molecule has 6 rings (SSSR count). The van der Waals surface area contributed by atoms with Crippen LogP contribution < -0.4 is 10.1 Å². The number of phenols is 1. The first-order valence-corrected chi connectivity index (χ1v) is 13.7. The summed E-state index contributed by atoms with van der Waals surface area (Å²) in [6.45, 7) is 5.44. The van der Waals surface area contributed by atoms with Gasteiger partial charge in [0.25, 0.3) is 0 Å². The Morgan fingerprint density at radius 3 is 2.62 bits per heavy atom. The predicted octanol–water partition coefficient (Wildman–Crippen LogP) is 7.62. The van der Waals surface area contributed by atoms with Crippen molar-refractivity contribution in [3.63, 3.8) is 0 Å². The molecule has 212 valence electrons. The van der Waals surface area contributed by atoms with Gasteiger partial charge in [-0.3, -0.25) is 0 Å². The average Bonchev–Trinajstić information content (AvgIpc) is 3.40. The molecular formula is C33H31N5O4. The fourth-order valence-corrected chi connectivity index (χ4v) is 4.90. The van der Waals surface area contributed by atoms with Gasteiger partial charge in [-0.25, -0.2) is 14.8 Å². The molecular weight excluding hydrogens is 530 g/mol. The zero-order valence-corrected chi connectivity index (χ0v) is 23.9. The number of aromatic nitrogens is 4. The number of rotatable bonds is 5. The highest BCUT2D eigenvalue weighted by Crippen LogP contribution is 2.36. The first kappa shape index (κ1) is 27.0. The van der Waals surface area contributed by atoms with Gasteiger partial charge >= 0.3 is 6.09 Å². The number of hydrogen-bond donors (Lipinski definition) is 2. The summed E-state index contributed by atoms with van der Waals surface area (Å²) in [5.74, 6) is 1.34. The number of hydrogen-bond acceptors (Lipinski definition) is 8. The van der Waals surface area contributed by atoms with Gasteiger partial charge in [-0.2, -0.15) is 9.78 Å². The molecule has 0 aliphatic heterocycles. The fraction of sp³-hybridized carbons (Fsp3) is 0.212. The molecule has 0 amide bonds. The molecule has 1 aliphatic carbocycles. The SMILES string of the molecule is COc1cc2nc(-c3cccc(C4=CCCC=C4)c3)nc(Nc3ccc4c(cnn4C(=O)OC(C)(C)C)c3)c2cc1O. The van der Waals surface area contributed by atoms with Crippen molar-refractivity contribution >= 4 is 45.0 Å². The molecule has 0 radical (unpaired) electrons. The van der Waals surface area contributed by atoms with Crippen molar-refractivity contribution in [3.05, 3.63) is 84.6 Å². The minimum absolute atomic E-state index is 0.0171. The Labute approximate surface area is 243 Å². The molecule has 9 heteroatoms. The van der Waals surface area contributed by atoms with Crippen LogP contribution in [0.25, 0.3) is 38.8 Å². The molecule has 0 atom stereocenters. The summed E-state index contributed by atoms with van der Waals surface area (Å²) < 4.78 is 12.1. The van der Waals surface area contributed by atoms with E-state index in [4.69, 9.17) is 19.4 Å². The summed E-state index contributed by atoms with van der Waals surface area (Å²) in [7, 11) is 1.50. The van der Waals surface area contributed by atoms with Crippen LogP contribution in [0.2, 0.25) is 0 Å². The number of nitrogens with zero attached hydrogens (tertiary/aromatic N) is 4. The highest BCUT2D eigenvalue weighted by Gasteiger charge is 2.20. The van der Waals surface area contributed by atoms with Crippen LogP contribution in [0, 0.1) is 0 Å². The Morgan fingerprint density at radius 2 is 1.86 bits per heavy atom. The summed E-state index contributed by atoms with van der Waals surface area (Å²) in [6, 6.07) is 17.0. The lowest BCUT2D eigenvalue weighted by molar-refractivity contribution is 0.0522. The second-order valence-electron chi connectivity index (χ2n) is 11.1. The van der Waals surface area contributed by atoms with Gasteiger partial charge < -0.3 is 19.9 Å². The van der Waals surface area contributed by atoms with E-state index < -0.39 is 11.7 Å². The smallest absolute Gasteiger partial charge is 0.435 e. The van der Waals surface area contributed by atoms with E-state index in [9.17, 15) is 9.90 Å². The fourth-order valence-electron chi connectivity index (χ4n) is 4.90. The molecule has 0 fully saturated rings. The van der Waals surface area contributed by atoms with E-state index in [0.717, 1.165) is 35.0 Å². The number of ether oxygens (including phenoxy) is 2. The van der Waals surface area contributed by atoms with E-state index in [1.165, 1.54) is 17.4 Å². The molecule has 5 aromatic rings. The van der Waals surface area contributed by atoms with Gasteiger partial charge in [-0.15, -0.1) is 0 Å². The van der Waals surface area contributed by atoms with Crippen LogP contribution in [0.3, 0.4) is 0 Å². The maximum atomic E-state index is 12.6. The van der Waals surface area contributed by atoms with Crippen LogP contribution in [0.4, 0.5) is 16.3 Å². The monoisotopic (exact) mass is 561 g/mol. The third-order valence-electron chi connectivity index (χ3n) is 6.84. The number of carbonyl (C=O) groups is 1. The maximum Gasteiger partial charge on any atom is 0.435 e. The number of aromatic hydroxyl groups is 1. The quantitative estimate of drug-likeness (QED) is 0.225. The van der Waals surface area contributed by atoms with Gasteiger partial charge in [0.2, 0.25) is 0 Å². The standard InChI is InChI=1S/C33H31N5O4/c1-33(2,3)42-32(40)38-27-14-13-24(16-23(27)19-34-38)35-31-25-17-28(39)29(41-4)18-26(25)36-30(37-31)22-12-8-11-21(15-22)20-9-6-5-7-10-20/h6,8-19,39H,5,7H2,1-4H3,(H,35,36,37). The molecule has 0 saturated heterocycles. The van der Waals surface area contributed by atoms with Gasteiger partial charge in [0, 0.05) is 28.1 Å². The van der Waals surface area contributed by atoms with Crippen molar-refractivity contribution in [2.75, 3.05) is 12.4 Å². The van der Waals surface area contributed by atoms with E-state index in [1.807, 2.05) is 45.0 Å². The molecule has 0 unspecified atom stereocenters. The first-order valence-electron chi connectivity index (χ1n) is 13.7. The average molecular weight is 562 g/mol. The topological polar surface area (TPSA) is 111 Å². The number of carbonyl (C=O) groups excluding carboxylic acids is 1. The minimum atomic E-state index is -0.638. The number of nitrogens with one attached hydrogen (secondary N) is 1. The minimum Gasteiger partial charge on any atom is -0.504 e. The first-order chi connectivity index (χ1) is 20.2. The van der Waals surface area contributed by atoms with Crippen molar-refractivity contribution in [2.24, 2.45) is 0 Å². The third-order valence-corrected chi connectivity index (χ3v) is 6.84. The van der Waals surface area contributed by atoms with Crippen LogP contribution in [-0.4, -0.2) is 43.7 Å². The number of benzene rings is 3. The lowest BCUT2D eigenvalue weighted by atomic mass is 9.98. The van der Waals surface area contributed by atoms with Crippen LogP contribution >= 0.6 is 0 Å². The zero-order chi connectivity index (χ0) is 29.4. The number of phenolic OH excluding ortho intramolecular Hbond substituents is 1. The van der Waals surface area contributed by atoms with Crippen LogP contribution in [0.5, 0.6) is 11.5 Å². The van der Waals surface area contributed by atoms with Crippen LogP contribution in [0.15, 0.2) is 79.0 Å². The summed E-state index contributed by atoms with van der Waals surface area (Å²) in [5, 5.41) is 19.6. The number of allylic oxidation sites excluding steroid dienone is 4. The molecule has 2 N–H and O–H groups in total. The molecule has 2 aromatic heterocycles. The normalized spacial score (nSPS) is 13.3. The zero-order valence-electron chi connectivity index (χ0n) is 23.9. The van der Waals surface area contributed by atoms with Crippen molar-refractivity contribution in [2.45, 2.75) is 39.2 Å². The summed E-state index contributed by atoms with van der Waals surface area (Å²) in [6.07, 6.45) is 9.70. The van der Waals surface area contributed by atoms with Crippen molar-refractivity contribution < 1.29 is 19.4 Å². The van der Waals surface area contributed by atoms with E-state index in [0.29, 0.717) is 33.8 Å². The molecule has 0 spiro atoms. The lowest BCUT2D eigenvalue weighted by Crippen LogP contribution is -2.27. The summed E-state index contributed by atoms with van der Waals surface area (Å²) in [5.41, 5.74) is 4.44.